The minimum Gasteiger partial charge on any atom is -0.354 e. The summed E-state index contributed by atoms with van der Waals surface area (Å²) in [6.45, 7) is -0.462. The SMILES string of the molecule is CNC(=O)c1cn(C[C@@H]2CC(F)(F)CN2Cc2cc(F)cc(F)c2)nn1. The van der Waals surface area contributed by atoms with Gasteiger partial charge in [0.15, 0.2) is 5.69 Å². The average Bonchev–Trinajstić information content (AvgIpc) is 3.10. The van der Waals surface area contributed by atoms with E-state index in [0.717, 1.165) is 18.2 Å². The van der Waals surface area contributed by atoms with Crippen molar-refractivity contribution in [3.05, 3.63) is 47.3 Å². The molecular formula is C16H17F4N5O. The van der Waals surface area contributed by atoms with E-state index in [9.17, 15) is 22.4 Å². The van der Waals surface area contributed by atoms with E-state index in [-0.39, 0.29) is 24.3 Å². The summed E-state index contributed by atoms with van der Waals surface area (Å²) in [6.07, 6.45) is 0.954. The zero-order valence-corrected chi connectivity index (χ0v) is 13.9. The highest BCUT2D eigenvalue weighted by atomic mass is 19.3. The normalized spacial score (nSPS) is 19.7. The number of likely N-dealkylation sites (tertiary alicyclic amines) is 1. The lowest BCUT2D eigenvalue weighted by molar-refractivity contribution is 0.0113. The van der Waals surface area contributed by atoms with Crippen molar-refractivity contribution in [1.29, 1.82) is 0 Å². The molecule has 0 radical (unpaired) electrons. The number of alkyl halides is 2. The van der Waals surface area contributed by atoms with E-state index in [1.54, 1.807) is 0 Å². The van der Waals surface area contributed by atoms with Gasteiger partial charge in [-0.3, -0.25) is 14.4 Å². The smallest absolute Gasteiger partial charge is 0.273 e. The molecule has 1 aliphatic rings. The van der Waals surface area contributed by atoms with E-state index in [1.807, 2.05) is 0 Å². The van der Waals surface area contributed by atoms with Gasteiger partial charge < -0.3 is 5.32 Å². The number of rotatable bonds is 5. The van der Waals surface area contributed by atoms with Crippen LogP contribution in [0.5, 0.6) is 0 Å². The molecule has 26 heavy (non-hydrogen) atoms. The highest BCUT2D eigenvalue weighted by Crippen LogP contribution is 2.33. The summed E-state index contributed by atoms with van der Waals surface area (Å²) in [5.41, 5.74) is 0.353. The Morgan fingerprint density at radius 2 is 2.00 bits per heavy atom. The Kier molecular flexibility index (Phi) is 4.94. The van der Waals surface area contributed by atoms with Gasteiger partial charge in [0.25, 0.3) is 11.8 Å². The first-order chi connectivity index (χ1) is 12.3. The molecule has 6 nitrogen and oxygen atoms in total. The van der Waals surface area contributed by atoms with Crippen molar-refractivity contribution in [3.63, 3.8) is 0 Å². The number of amides is 1. The quantitative estimate of drug-likeness (QED) is 0.815. The maximum absolute atomic E-state index is 13.9. The van der Waals surface area contributed by atoms with Crippen LogP contribution in [0.15, 0.2) is 24.4 Å². The number of benzene rings is 1. The Hall–Kier alpha value is -2.49. The molecule has 140 valence electrons. The molecule has 2 heterocycles. The van der Waals surface area contributed by atoms with Crippen molar-refractivity contribution < 1.29 is 22.4 Å². The molecule has 1 aromatic carbocycles. The molecule has 1 aromatic heterocycles. The fourth-order valence-corrected chi connectivity index (χ4v) is 3.10. The average molecular weight is 371 g/mol. The van der Waals surface area contributed by atoms with Gasteiger partial charge in [-0.2, -0.15) is 0 Å². The van der Waals surface area contributed by atoms with Crippen molar-refractivity contribution in [2.45, 2.75) is 31.5 Å². The van der Waals surface area contributed by atoms with Gasteiger partial charge in [0.05, 0.1) is 19.3 Å². The number of halogens is 4. The minimum absolute atomic E-state index is 0.0219. The van der Waals surface area contributed by atoms with Crippen LogP contribution in [0, 0.1) is 11.6 Å². The maximum atomic E-state index is 13.9. The van der Waals surface area contributed by atoms with Crippen LogP contribution in [0.25, 0.3) is 0 Å². The lowest BCUT2D eigenvalue weighted by atomic mass is 10.1. The molecule has 10 heteroatoms. The zero-order chi connectivity index (χ0) is 18.9. The van der Waals surface area contributed by atoms with Crippen LogP contribution in [-0.2, 0) is 13.1 Å². The Morgan fingerprint density at radius 1 is 1.31 bits per heavy atom. The Balaban J connectivity index is 1.75. The molecule has 1 atom stereocenters. The second-order valence-electron chi connectivity index (χ2n) is 6.30. The molecule has 1 saturated heterocycles. The third-order valence-electron chi connectivity index (χ3n) is 4.19. The van der Waals surface area contributed by atoms with Crippen molar-refractivity contribution in [2.24, 2.45) is 0 Å². The standard InChI is InChI=1S/C16H17F4N5O/c1-21-15(26)14-8-25(23-22-14)7-13-5-16(19,20)9-24(13)6-10-2-11(17)4-12(18)3-10/h2-4,8,13H,5-7,9H2,1H3,(H,21,26)/t13-/m0/s1. The van der Waals surface area contributed by atoms with Gasteiger partial charge in [-0.05, 0) is 17.7 Å². The van der Waals surface area contributed by atoms with Crippen molar-refractivity contribution >= 4 is 5.91 Å². The minimum atomic E-state index is -2.92. The summed E-state index contributed by atoms with van der Waals surface area (Å²) < 4.78 is 55.8. The molecule has 2 aromatic rings. The number of carbonyl (C=O) groups excluding carboxylic acids is 1. The molecule has 1 amide bonds. The molecule has 0 unspecified atom stereocenters. The highest BCUT2D eigenvalue weighted by molar-refractivity contribution is 5.91. The number of nitrogens with zero attached hydrogens (tertiary/aromatic N) is 4. The number of carbonyl (C=O) groups is 1. The maximum Gasteiger partial charge on any atom is 0.273 e. The molecule has 1 aliphatic heterocycles. The van der Waals surface area contributed by atoms with Crippen molar-refractivity contribution in [1.82, 2.24) is 25.2 Å². The molecule has 3 rings (SSSR count). The van der Waals surface area contributed by atoms with Gasteiger partial charge in [0.1, 0.15) is 11.6 Å². The fraction of sp³-hybridized carbons (Fsp3) is 0.438. The third kappa shape index (κ3) is 4.18. The summed E-state index contributed by atoms with van der Waals surface area (Å²) in [7, 11) is 1.44. The molecule has 1 N–H and O–H groups in total. The Labute approximate surface area is 146 Å². The van der Waals surface area contributed by atoms with E-state index in [0.29, 0.717) is 0 Å². The fourth-order valence-electron chi connectivity index (χ4n) is 3.10. The first kappa shape index (κ1) is 18.3. The summed E-state index contributed by atoms with van der Waals surface area (Å²) in [5, 5.41) is 9.87. The second-order valence-corrected chi connectivity index (χ2v) is 6.30. The van der Waals surface area contributed by atoms with E-state index in [2.05, 4.69) is 15.6 Å². The van der Waals surface area contributed by atoms with Crippen LogP contribution in [0.2, 0.25) is 0 Å². The van der Waals surface area contributed by atoms with E-state index in [4.69, 9.17) is 0 Å². The van der Waals surface area contributed by atoms with Gasteiger partial charge >= 0.3 is 0 Å². The van der Waals surface area contributed by atoms with Crippen LogP contribution < -0.4 is 5.32 Å². The van der Waals surface area contributed by atoms with Crippen LogP contribution in [0.3, 0.4) is 0 Å². The number of nitrogens with one attached hydrogen (secondary N) is 1. The topological polar surface area (TPSA) is 63.1 Å². The largest absolute Gasteiger partial charge is 0.354 e. The van der Waals surface area contributed by atoms with E-state index in [1.165, 1.54) is 22.8 Å². The molecule has 1 fully saturated rings. The first-order valence-electron chi connectivity index (χ1n) is 7.95. The van der Waals surface area contributed by atoms with Crippen LogP contribution in [-0.4, -0.2) is 51.4 Å². The van der Waals surface area contributed by atoms with Gasteiger partial charge in [-0.25, -0.2) is 17.6 Å². The van der Waals surface area contributed by atoms with Crippen LogP contribution >= 0.6 is 0 Å². The predicted molar refractivity (Wildman–Crippen MR) is 83.5 cm³/mol. The van der Waals surface area contributed by atoms with Crippen LogP contribution in [0.4, 0.5) is 17.6 Å². The number of aromatic nitrogens is 3. The lowest BCUT2D eigenvalue weighted by Gasteiger charge is -2.23. The molecule has 0 saturated carbocycles. The molecule has 0 aliphatic carbocycles. The molecular weight excluding hydrogens is 354 g/mol. The van der Waals surface area contributed by atoms with Gasteiger partial charge in [-0.1, -0.05) is 5.21 Å². The second kappa shape index (κ2) is 7.02. The van der Waals surface area contributed by atoms with Gasteiger partial charge in [0.2, 0.25) is 0 Å². The number of hydrogen-bond acceptors (Lipinski definition) is 4. The monoisotopic (exact) mass is 371 g/mol. The van der Waals surface area contributed by atoms with Gasteiger partial charge in [0, 0.05) is 32.1 Å². The molecule has 0 spiro atoms. The number of hydrogen-bond donors (Lipinski definition) is 1. The third-order valence-corrected chi connectivity index (χ3v) is 4.19. The summed E-state index contributed by atoms with van der Waals surface area (Å²) >= 11 is 0. The van der Waals surface area contributed by atoms with Crippen molar-refractivity contribution in [3.8, 4) is 0 Å². The highest BCUT2D eigenvalue weighted by Gasteiger charge is 2.45. The zero-order valence-electron chi connectivity index (χ0n) is 13.9. The lowest BCUT2D eigenvalue weighted by Crippen LogP contribution is -2.33. The van der Waals surface area contributed by atoms with Crippen molar-refractivity contribution in [2.75, 3.05) is 13.6 Å². The molecule has 0 bridgehead atoms. The van der Waals surface area contributed by atoms with Crippen LogP contribution in [0.1, 0.15) is 22.5 Å². The predicted octanol–water partition coefficient (Wildman–Crippen LogP) is 1.83. The summed E-state index contributed by atoms with van der Waals surface area (Å²) in [6, 6.07) is 2.36. The van der Waals surface area contributed by atoms with Gasteiger partial charge in [-0.15, -0.1) is 5.10 Å². The first-order valence-corrected chi connectivity index (χ1v) is 7.95. The summed E-state index contributed by atoms with van der Waals surface area (Å²) in [4.78, 5) is 13.0. The summed E-state index contributed by atoms with van der Waals surface area (Å²) in [5.74, 6) is -4.86. The Bertz CT molecular complexity index is 789. The van der Waals surface area contributed by atoms with E-state index < -0.39 is 42.5 Å². The Morgan fingerprint density at radius 3 is 2.65 bits per heavy atom. The van der Waals surface area contributed by atoms with E-state index >= 15 is 0 Å².